The summed E-state index contributed by atoms with van der Waals surface area (Å²) in [5.74, 6) is 0.523. The highest BCUT2D eigenvalue weighted by atomic mass is 35.5. The van der Waals surface area contributed by atoms with Crippen LogP contribution in [0.1, 0.15) is 39.8 Å². The van der Waals surface area contributed by atoms with E-state index in [0.29, 0.717) is 45.2 Å². The Morgan fingerprint density at radius 2 is 1.82 bits per heavy atom. The lowest BCUT2D eigenvalue weighted by atomic mass is 10.1. The summed E-state index contributed by atoms with van der Waals surface area (Å²) in [4.78, 5) is 30.8. The molecule has 4 rings (SSSR count). The second kappa shape index (κ2) is 10.3. The Bertz CT molecular complexity index is 1330. The molecule has 0 unspecified atom stereocenters. The minimum absolute atomic E-state index is 0.0345. The van der Waals surface area contributed by atoms with E-state index in [0.717, 1.165) is 16.8 Å². The van der Waals surface area contributed by atoms with Crippen LogP contribution in [-0.4, -0.2) is 30.7 Å². The molecule has 168 valence electrons. The summed E-state index contributed by atoms with van der Waals surface area (Å²) in [7, 11) is 0. The van der Waals surface area contributed by atoms with Gasteiger partial charge in [-0.05, 0) is 30.2 Å². The molecule has 2 heterocycles. The van der Waals surface area contributed by atoms with E-state index >= 15 is 0 Å². The van der Waals surface area contributed by atoms with Crippen LogP contribution in [0, 0.1) is 0 Å². The summed E-state index contributed by atoms with van der Waals surface area (Å²) in [6, 6.07) is 14.1. The Morgan fingerprint density at radius 1 is 1.09 bits per heavy atom. The fraction of sp³-hybridized carbons (Fsp3) is 0.174. The van der Waals surface area contributed by atoms with Crippen LogP contribution in [0.2, 0.25) is 10.0 Å². The number of Topliss-reactive ketones (excluding diaryl/α,β-unsaturated/α-hetero) is 1. The lowest BCUT2D eigenvalue weighted by Gasteiger charge is -2.07. The van der Waals surface area contributed by atoms with Gasteiger partial charge < -0.3 is 4.98 Å². The minimum atomic E-state index is -0.247. The Hall–Kier alpha value is -2.94. The van der Waals surface area contributed by atoms with E-state index in [-0.39, 0.29) is 11.3 Å². The third kappa shape index (κ3) is 6.10. The highest BCUT2D eigenvalue weighted by Crippen LogP contribution is 2.26. The smallest absolute Gasteiger partial charge is 0.251 e. The molecule has 0 bridgehead atoms. The van der Waals surface area contributed by atoms with Gasteiger partial charge in [-0.1, -0.05) is 70.5 Å². The highest BCUT2D eigenvalue weighted by Gasteiger charge is 2.11. The highest BCUT2D eigenvalue weighted by molar-refractivity contribution is 7.98. The second-order valence-corrected chi connectivity index (χ2v) is 9.15. The van der Waals surface area contributed by atoms with Crippen molar-refractivity contribution in [1.82, 2.24) is 25.0 Å². The maximum absolute atomic E-state index is 12.1. The number of carbonyl (C=O) groups excluding carboxylic acids is 1. The number of thioether (sulfide) groups is 1. The minimum Gasteiger partial charge on any atom is -0.301 e. The molecule has 0 radical (unpaired) electrons. The largest absolute Gasteiger partial charge is 0.301 e. The fourth-order valence-corrected chi connectivity index (χ4v) is 4.48. The molecule has 0 saturated carbocycles. The van der Waals surface area contributed by atoms with Gasteiger partial charge in [0.05, 0.1) is 17.9 Å². The zero-order chi connectivity index (χ0) is 23.4. The Morgan fingerprint density at radius 3 is 2.52 bits per heavy atom. The molecule has 0 aliphatic carbocycles. The molecule has 33 heavy (non-hydrogen) atoms. The van der Waals surface area contributed by atoms with Crippen LogP contribution in [0.25, 0.3) is 0 Å². The van der Waals surface area contributed by atoms with Crippen LogP contribution in [0.4, 0.5) is 0 Å². The van der Waals surface area contributed by atoms with Crippen molar-refractivity contribution in [3.05, 3.63) is 103 Å². The van der Waals surface area contributed by atoms with Crippen molar-refractivity contribution >= 4 is 40.7 Å². The van der Waals surface area contributed by atoms with Gasteiger partial charge in [-0.2, -0.15) is 0 Å². The van der Waals surface area contributed by atoms with Crippen molar-refractivity contribution in [2.45, 2.75) is 30.8 Å². The summed E-state index contributed by atoms with van der Waals surface area (Å²) in [6.07, 6.45) is 2.20. The molecular formula is C23H19Cl2N5O2S. The second-order valence-electron chi connectivity index (χ2n) is 7.37. The van der Waals surface area contributed by atoms with E-state index in [1.165, 1.54) is 17.8 Å². The topological polar surface area (TPSA) is 93.5 Å². The Labute approximate surface area is 204 Å². The lowest BCUT2D eigenvalue weighted by Crippen LogP contribution is -2.10. The number of H-pyrrole nitrogens is 1. The molecule has 0 aliphatic heterocycles. The van der Waals surface area contributed by atoms with Crippen LogP contribution < -0.4 is 5.56 Å². The molecule has 4 aromatic rings. The predicted octanol–water partition coefficient (Wildman–Crippen LogP) is 4.80. The van der Waals surface area contributed by atoms with Gasteiger partial charge in [-0.3, -0.25) is 9.59 Å². The van der Waals surface area contributed by atoms with Crippen molar-refractivity contribution in [1.29, 1.82) is 0 Å². The molecule has 0 atom stereocenters. The van der Waals surface area contributed by atoms with E-state index in [1.54, 1.807) is 41.9 Å². The van der Waals surface area contributed by atoms with Gasteiger partial charge in [0, 0.05) is 40.0 Å². The normalized spacial score (nSPS) is 11.0. The number of halogens is 2. The van der Waals surface area contributed by atoms with Crippen molar-refractivity contribution in [2.24, 2.45) is 0 Å². The van der Waals surface area contributed by atoms with E-state index in [4.69, 9.17) is 23.2 Å². The zero-order valence-corrected chi connectivity index (χ0v) is 19.9. The Kier molecular flexibility index (Phi) is 7.27. The first-order valence-electron chi connectivity index (χ1n) is 10.0. The number of carbonyl (C=O) groups is 1. The number of benzene rings is 2. The number of aromatic nitrogens is 5. The van der Waals surface area contributed by atoms with Gasteiger partial charge in [-0.25, -0.2) is 9.67 Å². The first kappa shape index (κ1) is 23.2. The summed E-state index contributed by atoms with van der Waals surface area (Å²) in [5, 5.41) is 9.90. The third-order valence-electron chi connectivity index (χ3n) is 4.84. The zero-order valence-electron chi connectivity index (χ0n) is 17.6. The van der Waals surface area contributed by atoms with E-state index in [2.05, 4.69) is 20.3 Å². The fourth-order valence-electron chi connectivity index (χ4n) is 3.18. The molecule has 10 heteroatoms. The number of hydrogen-bond donors (Lipinski definition) is 1. The van der Waals surface area contributed by atoms with E-state index in [1.807, 2.05) is 18.3 Å². The maximum Gasteiger partial charge on any atom is 0.251 e. The maximum atomic E-state index is 12.1. The third-order valence-corrected chi connectivity index (χ3v) is 6.46. The van der Waals surface area contributed by atoms with Gasteiger partial charge >= 0.3 is 0 Å². The molecule has 0 spiro atoms. The van der Waals surface area contributed by atoms with Gasteiger partial charge in [-0.15, -0.1) is 5.10 Å². The molecule has 7 nitrogen and oxygen atoms in total. The summed E-state index contributed by atoms with van der Waals surface area (Å²) >= 11 is 13.9. The van der Waals surface area contributed by atoms with Gasteiger partial charge in [0.25, 0.3) is 5.56 Å². The van der Waals surface area contributed by atoms with Crippen molar-refractivity contribution < 1.29 is 4.79 Å². The van der Waals surface area contributed by atoms with Crippen LogP contribution in [0.3, 0.4) is 0 Å². The number of rotatable bonds is 8. The lowest BCUT2D eigenvalue weighted by molar-refractivity contribution is 0.101. The quantitative estimate of drug-likeness (QED) is 0.212. The van der Waals surface area contributed by atoms with E-state index < -0.39 is 0 Å². The summed E-state index contributed by atoms with van der Waals surface area (Å²) in [6.45, 7) is 2.08. The summed E-state index contributed by atoms with van der Waals surface area (Å²) in [5.41, 5.74) is 3.50. The number of nitrogens with zero attached hydrogens (tertiary/aromatic N) is 4. The average molecular weight is 500 g/mol. The monoisotopic (exact) mass is 499 g/mol. The van der Waals surface area contributed by atoms with Crippen LogP contribution in [0.15, 0.2) is 64.7 Å². The SMILES string of the molecule is CC(=O)c1ccc(Cn2cc(CSc3nc(Cc4c(Cl)cccc4Cl)cc(=O)[nH]3)nn2)cc1. The number of nitrogens with one attached hydrogen (secondary N) is 1. The van der Waals surface area contributed by atoms with Crippen molar-refractivity contribution in [3.8, 4) is 0 Å². The summed E-state index contributed by atoms with van der Waals surface area (Å²) < 4.78 is 1.73. The van der Waals surface area contributed by atoms with Gasteiger partial charge in [0.2, 0.25) is 0 Å². The van der Waals surface area contributed by atoms with E-state index in [9.17, 15) is 9.59 Å². The molecule has 2 aromatic heterocycles. The molecule has 0 amide bonds. The number of aromatic amines is 1. The van der Waals surface area contributed by atoms with Crippen molar-refractivity contribution in [3.63, 3.8) is 0 Å². The molecule has 1 N–H and O–H groups in total. The Balaban J connectivity index is 1.41. The first-order valence-corrected chi connectivity index (χ1v) is 11.8. The van der Waals surface area contributed by atoms with Gasteiger partial charge in [0.1, 0.15) is 0 Å². The van der Waals surface area contributed by atoms with Crippen LogP contribution >= 0.6 is 35.0 Å². The average Bonchev–Trinajstić information content (AvgIpc) is 3.22. The molecule has 2 aromatic carbocycles. The van der Waals surface area contributed by atoms with Crippen molar-refractivity contribution in [2.75, 3.05) is 0 Å². The van der Waals surface area contributed by atoms with Crippen LogP contribution in [-0.2, 0) is 18.7 Å². The molecule has 0 saturated heterocycles. The molecular weight excluding hydrogens is 481 g/mol. The predicted molar refractivity (Wildman–Crippen MR) is 129 cm³/mol. The number of ketones is 1. The first-order chi connectivity index (χ1) is 15.9. The van der Waals surface area contributed by atoms with Gasteiger partial charge in [0.15, 0.2) is 10.9 Å². The van der Waals surface area contributed by atoms with Crippen LogP contribution in [0.5, 0.6) is 0 Å². The number of hydrogen-bond acceptors (Lipinski definition) is 6. The molecule has 0 fully saturated rings. The molecule has 0 aliphatic rings. The standard InChI is InChI=1S/C23H19Cl2N5O2S/c1-14(31)16-7-5-15(6-8-16)11-30-12-18(28-29-30)13-33-23-26-17(10-22(32)27-23)9-19-20(24)3-2-4-21(19)25/h2-8,10,12H,9,11,13H2,1H3,(H,26,27,32).